The number of piperidine rings is 1. The van der Waals surface area contributed by atoms with Crippen molar-refractivity contribution in [2.45, 2.75) is 19.3 Å². The molecule has 0 saturated carbocycles. The molecule has 0 unspecified atom stereocenters. The van der Waals surface area contributed by atoms with E-state index in [9.17, 15) is 5.26 Å². The summed E-state index contributed by atoms with van der Waals surface area (Å²) in [5, 5.41) is 17.4. The predicted octanol–water partition coefficient (Wildman–Crippen LogP) is 3.50. The number of ether oxygens (including phenoxy) is 1. The summed E-state index contributed by atoms with van der Waals surface area (Å²) in [5.74, 6) is 2.48. The van der Waals surface area contributed by atoms with Crippen molar-refractivity contribution in [3.63, 3.8) is 0 Å². The van der Waals surface area contributed by atoms with Gasteiger partial charge in [0, 0.05) is 31.2 Å². The molecular weight excluding hydrogens is 406 g/mol. The number of pyridine rings is 1. The highest BCUT2D eigenvalue weighted by molar-refractivity contribution is 5.73. The number of nitriles is 1. The maximum Gasteiger partial charge on any atom is 0.230 e. The number of anilines is 4. The number of aromatic nitrogens is 5. The second-order valence-electron chi connectivity index (χ2n) is 7.43. The molecule has 10 heteroatoms. The smallest absolute Gasteiger partial charge is 0.230 e. The monoisotopic (exact) mass is 427 g/mol. The van der Waals surface area contributed by atoms with E-state index in [1.807, 2.05) is 24.3 Å². The third-order valence-electron chi connectivity index (χ3n) is 5.25. The van der Waals surface area contributed by atoms with Gasteiger partial charge in [-0.05, 0) is 55.7 Å². The molecule has 160 valence electrons. The van der Waals surface area contributed by atoms with Crippen LogP contribution < -0.4 is 20.7 Å². The van der Waals surface area contributed by atoms with Crippen LogP contribution in [0.15, 0.2) is 48.8 Å². The van der Waals surface area contributed by atoms with Gasteiger partial charge in [0.15, 0.2) is 11.5 Å². The van der Waals surface area contributed by atoms with Gasteiger partial charge in [0.2, 0.25) is 11.9 Å². The second kappa shape index (κ2) is 8.39. The molecule has 0 atom stereocenters. The standard InChI is InChI=1S/C22H21N9O/c23-14-18-19(26-15-4-6-16(7-5-15)32-17-8-10-25-11-9-17)29-31-20(18)27-22(28-21(31)24)30-12-2-1-3-13-30/h4-11H,1-3,12-13H2,(H,26,29)(H2,24,27,28). The number of nitrogens with two attached hydrogens (primary N) is 1. The number of hydrogen-bond acceptors (Lipinski definition) is 9. The van der Waals surface area contributed by atoms with Crippen molar-refractivity contribution in [2.75, 3.05) is 29.0 Å². The van der Waals surface area contributed by atoms with E-state index in [4.69, 9.17) is 10.5 Å². The van der Waals surface area contributed by atoms with Crippen molar-refractivity contribution in [3.8, 4) is 17.6 Å². The molecule has 1 aromatic carbocycles. The lowest BCUT2D eigenvalue weighted by atomic mass is 10.1. The highest BCUT2D eigenvalue weighted by Crippen LogP contribution is 2.28. The molecule has 0 spiro atoms. The highest BCUT2D eigenvalue weighted by atomic mass is 16.5. The number of rotatable bonds is 5. The van der Waals surface area contributed by atoms with Gasteiger partial charge in [0.25, 0.3) is 0 Å². The van der Waals surface area contributed by atoms with Crippen molar-refractivity contribution < 1.29 is 4.74 Å². The number of nitrogens with zero attached hydrogens (tertiary/aromatic N) is 7. The number of fused-ring (bicyclic) bond motifs is 1. The number of benzene rings is 1. The molecule has 1 aliphatic rings. The van der Waals surface area contributed by atoms with Crippen LogP contribution in [0, 0.1) is 11.3 Å². The van der Waals surface area contributed by atoms with Crippen LogP contribution in [0.1, 0.15) is 24.8 Å². The van der Waals surface area contributed by atoms with Crippen LogP contribution in [0.3, 0.4) is 0 Å². The summed E-state index contributed by atoms with van der Waals surface area (Å²) in [6, 6.07) is 13.1. The minimum absolute atomic E-state index is 0.196. The fraction of sp³-hybridized carbons (Fsp3) is 0.227. The molecule has 0 bridgehead atoms. The lowest BCUT2D eigenvalue weighted by Crippen LogP contribution is -2.31. The van der Waals surface area contributed by atoms with Crippen LogP contribution >= 0.6 is 0 Å². The zero-order valence-electron chi connectivity index (χ0n) is 17.3. The maximum atomic E-state index is 9.80. The van der Waals surface area contributed by atoms with E-state index >= 15 is 0 Å². The van der Waals surface area contributed by atoms with Gasteiger partial charge in [-0.15, -0.1) is 5.10 Å². The van der Waals surface area contributed by atoms with E-state index in [1.165, 1.54) is 10.9 Å². The Bertz CT molecular complexity index is 1270. The van der Waals surface area contributed by atoms with E-state index in [2.05, 4.69) is 36.3 Å². The van der Waals surface area contributed by atoms with Crippen LogP contribution in [0.4, 0.5) is 23.4 Å². The van der Waals surface area contributed by atoms with Crippen molar-refractivity contribution in [3.05, 3.63) is 54.4 Å². The molecule has 0 radical (unpaired) electrons. The first-order chi connectivity index (χ1) is 15.7. The molecule has 0 aliphatic carbocycles. The van der Waals surface area contributed by atoms with Crippen LogP contribution in [-0.2, 0) is 0 Å². The number of nitrogens with one attached hydrogen (secondary N) is 1. The van der Waals surface area contributed by atoms with Crippen LogP contribution in [0.25, 0.3) is 5.65 Å². The fourth-order valence-corrected chi connectivity index (χ4v) is 3.65. The molecule has 10 nitrogen and oxygen atoms in total. The maximum absolute atomic E-state index is 9.80. The molecule has 4 aromatic rings. The first kappa shape index (κ1) is 19.6. The quantitative estimate of drug-likeness (QED) is 0.491. The summed E-state index contributed by atoms with van der Waals surface area (Å²) in [6.45, 7) is 1.76. The number of nitrogen functional groups attached to an aromatic ring is 1. The molecule has 32 heavy (non-hydrogen) atoms. The minimum Gasteiger partial charge on any atom is -0.457 e. The SMILES string of the molecule is N#Cc1c(Nc2ccc(Oc3ccncc3)cc2)nn2c(N)nc(N3CCCCC3)nc12. The van der Waals surface area contributed by atoms with Gasteiger partial charge >= 0.3 is 0 Å². The minimum atomic E-state index is 0.196. The third kappa shape index (κ3) is 3.83. The molecule has 0 amide bonds. The van der Waals surface area contributed by atoms with E-state index in [-0.39, 0.29) is 5.95 Å². The van der Waals surface area contributed by atoms with Crippen molar-refractivity contribution in [1.82, 2.24) is 24.6 Å². The largest absolute Gasteiger partial charge is 0.457 e. The Morgan fingerprint density at radius 3 is 2.41 bits per heavy atom. The summed E-state index contributed by atoms with van der Waals surface area (Å²) < 4.78 is 7.18. The Morgan fingerprint density at radius 2 is 1.69 bits per heavy atom. The lowest BCUT2D eigenvalue weighted by molar-refractivity contribution is 0.482. The van der Waals surface area contributed by atoms with Crippen LogP contribution in [0.2, 0.25) is 0 Å². The van der Waals surface area contributed by atoms with Gasteiger partial charge in [-0.25, -0.2) is 0 Å². The summed E-state index contributed by atoms with van der Waals surface area (Å²) in [5.41, 5.74) is 7.60. The summed E-state index contributed by atoms with van der Waals surface area (Å²) in [7, 11) is 0. The molecule has 1 saturated heterocycles. The van der Waals surface area contributed by atoms with E-state index in [0.717, 1.165) is 31.6 Å². The first-order valence-corrected chi connectivity index (χ1v) is 10.4. The Morgan fingerprint density at radius 1 is 0.969 bits per heavy atom. The summed E-state index contributed by atoms with van der Waals surface area (Å²) >= 11 is 0. The van der Waals surface area contributed by atoms with E-state index < -0.39 is 0 Å². The van der Waals surface area contributed by atoms with Gasteiger partial charge in [0.1, 0.15) is 23.1 Å². The number of hydrogen-bond donors (Lipinski definition) is 2. The van der Waals surface area contributed by atoms with Gasteiger partial charge in [-0.3, -0.25) is 4.98 Å². The molecule has 4 heterocycles. The summed E-state index contributed by atoms with van der Waals surface area (Å²) in [6.07, 6.45) is 6.72. The normalized spacial score (nSPS) is 13.7. The lowest BCUT2D eigenvalue weighted by Gasteiger charge is -2.26. The summed E-state index contributed by atoms with van der Waals surface area (Å²) in [4.78, 5) is 15.1. The molecule has 3 N–H and O–H groups in total. The third-order valence-corrected chi connectivity index (χ3v) is 5.25. The van der Waals surface area contributed by atoms with E-state index in [0.29, 0.717) is 34.5 Å². The zero-order chi connectivity index (χ0) is 21.9. The van der Waals surface area contributed by atoms with Gasteiger partial charge < -0.3 is 20.7 Å². The van der Waals surface area contributed by atoms with Crippen molar-refractivity contribution >= 4 is 29.0 Å². The Kier molecular flexibility index (Phi) is 5.13. The van der Waals surface area contributed by atoms with Gasteiger partial charge in [-0.2, -0.15) is 19.7 Å². The van der Waals surface area contributed by atoms with Crippen molar-refractivity contribution in [2.24, 2.45) is 0 Å². The Labute approximate surface area is 184 Å². The Balaban J connectivity index is 1.41. The zero-order valence-corrected chi connectivity index (χ0v) is 17.3. The van der Waals surface area contributed by atoms with Gasteiger partial charge in [-0.1, -0.05) is 0 Å². The molecule has 5 rings (SSSR count). The van der Waals surface area contributed by atoms with Crippen LogP contribution in [0.5, 0.6) is 11.5 Å². The van der Waals surface area contributed by atoms with Crippen molar-refractivity contribution in [1.29, 1.82) is 5.26 Å². The molecule has 1 fully saturated rings. The molecule has 1 aliphatic heterocycles. The molecular formula is C22H21N9O. The second-order valence-corrected chi connectivity index (χ2v) is 7.43. The van der Waals surface area contributed by atoms with Gasteiger partial charge in [0.05, 0.1) is 0 Å². The highest BCUT2D eigenvalue weighted by Gasteiger charge is 2.21. The first-order valence-electron chi connectivity index (χ1n) is 10.4. The average molecular weight is 427 g/mol. The fourth-order valence-electron chi connectivity index (χ4n) is 3.65. The topological polar surface area (TPSA) is 130 Å². The predicted molar refractivity (Wildman–Crippen MR) is 120 cm³/mol. The Hall–Kier alpha value is -4.39. The molecule has 3 aromatic heterocycles. The van der Waals surface area contributed by atoms with E-state index in [1.54, 1.807) is 24.5 Å². The average Bonchev–Trinajstić information content (AvgIpc) is 3.19. The van der Waals surface area contributed by atoms with Crippen LogP contribution in [-0.4, -0.2) is 37.7 Å².